The van der Waals surface area contributed by atoms with E-state index in [-0.39, 0.29) is 18.1 Å². The van der Waals surface area contributed by atoms with Crippen molar-refractivity contribution in [1.29, 1.82) is 0 Å². The number of methoxy groups -OCH3 is 1. The molecule has 0 aliphatic carbocycles. The summed E-state index contributed by atoms with van der Waals surface area (Å²) >= 11 is 0. The molecule has 3 aromatic rings. The lowest BCUT2D eigenvalue weighted by Gasteiger charge is -2.27. The Balaban J connectivity index is 1.65. The molecule has 1 saturated heterocycles. The van der Waals surface area contributed by atoms with Crippen molar-refractivity contribution in [3.63, 3.8) is 0 Å². The van der Waals surface area contributed by atoms with Gasteiger partial charge in [-0.05, 0) is 70.1 Å². The van der Waals surface area contributed by atoms with Gasteiger partial charge in [-0.1, -0.05) is 18.6 Å². The van der Waals surface area contributed by atoms with E-state index in [9.17, 15) is 19.2 Å². The molecule has 1 aliphatic rings. The van der Waals surface area contributed by atoms with Crippen LogP contribution in [0.25, 0.3) is 10.9 Å². The predicted octanol–water partition coefficient (Wildman–Crippen LogP) is 3.70. The van der Waals surface area contributed by atoms with Gasteiger partial charge in [-0.25, -0.2) is 9.59 Å². The van der Waals surface area contributed by atoms with Crippen molar-refractivity contribution in [1.82, 2.24) is 14.0 Å². The molecule has 2 heterocycles. The van der Waals surface area contributed by atoms with Gasteiger partial charge in [0.1, 0.15) is 0 Å². The number of fused-ring (bicyclic) bond motifs is 1. The average Bonchev–Trinajstić information content (AvgIpc) is 2.89. The monoisotopic (exact) mass is 521 g/mol. The fourth-order valence-electron chi connectivity index (χ4n) is 4.92. The minimum absolute atomic E-state index is 0.103. The van der Waals surface area contributed by atoms with Gasteiger partial charge < -0.3 is 20.3 Å². The third kappa shape index (κ3) is 6.20. The summed E-state index contributed by atoms with van der Waals surface area (Å²) in [7, 11) is 1.53. The number of carbonyl (C=O) groups excluding carboxylic acids is 2. The number of piperidine rings is 1. The van der Waals surface area contributed by atoms with E-state index in [1.165, 1.54) is 25.0 Å². The van der Waals surface area contributed by atoms with Crippen LogP contribution in [0.4, 0.5) is 16.2 Å². The summed E-state index contributed by atoms with van der Waals surface area (Å²) in [4.78, 5) is 53.6. The Morgan fingerprint density at radius 2 is 1.68 bits per heavy atom. The van der Waals surface area contributed by atoms with Crippen LogP contribution in [-0.4, -0.2) is 59.2 Å². The van der Waals surface area contributed by atoms with E-state index >= 15 is 0 Å². The number of hydrogen-bond acceptors (Lipinski definition) is 6. The maximum Gasteiger partial charge on any atom is 0.331 e. The quantitative estimate of drug-likeness (QED) is 0.415. The number of ether oxygens (including phenoxy) is 1. The molecule has 0 unspecified atom stereocenters. The Hall–Kier alpha value is -3.76. The van der Waals surface area contributed by atoms with Crippen molar-refractivity contribution in [2.24, 2.45) is 0 Å². The second-order valence-corrected chi connectivity index (χ2v) is 9.76. The Bertz CT molecular complexity index is 1440. The number of Topliss-reactive ketones (excluding diaryl/α,β-unsaturated/α-hetero) is 1. The van der Waals surface area contributed by atoms with Crippen LogP contribution in [0.3, 0.4) is 0 Å². The van der Waals surface area contributed by atoms with Crippen LogP contribution in [0.5, 0.6) is 0 Å². The van der Waals surface area contributed by atoms with E-state index in [1.54, 1.807) is 54.0 Å². The molecule has 10 nitrogen and oxygen atoms in total. The number of amides is 2. The Morgan fingerprint density at radius 3 is 2.37 bits per heavy atom. The minimum Gasteiger partial charge on any atom is -0.383 e. The largest absolute Gasteiger partial charge is 0.383 e. The second kappa shape index (κ2) is 12.2. The van der Waals surface area contributed by atoms with Crippen LogP contribution in [0, 0.1) is 0 Å². The predicted molar refractivity (Wildman–Crippen MR) is 148 cm³/mol. The highest BCUT2D eigenvalue weighted by Gasteiger charge is 2.19. The smallest absolute Gasteiger partial charge is 0.331 e. The molecule has 1 fully saturated rings. The molecular formula is C28H35N5O5. The normalized spacial score (nSPS) is 14.8. The molecule has 2 amide bonds. The Labute approximate surface area is 221 Å². The van der Waals surface area contributed by atoms with Crippen LogP contribution in [0.2, 0.25) is 0 Å². The molecule has 1 aromatic heterocycles. The number of urea groups is 1. The molecule has 0 bridgehead atoms. The van der Waals surface area contributed by atoms with Gasteiger partial charge in [-0.3, -0.25) is 18.7 Å². The molecule has 2 aromatic carbocycles. The lowest BCUT2D eigenvalue weighted by molar-refractivity contribution is 0.101. The van der Waals surface area contributed by atoms with Gasteiger partial charge in [0.25, 0.3) is 5.56 Å². The maximum atomic E-state index is 13.5. The van der Waals surface area contributed by atoms with Gasteiger partial charge in [-0.15, -0.1) is 0 Å². The number of benzene rings is 2. The first-order valence-corrected chi connectivity index (χ1v) is 13.0. The molecule has 4 rings (SSSR count). The number of carbonyl (C=O) groups is 2. The van der Waals surface area contributed by atoms with E-state index in [0.29, 0.717) is 40.9 Å². The molecule has 1 aliphatic heterocycles. The highest BCUT2D eigenvalue weighted by molar-refractivity contribution is 6.02. The van der Waals surface area contributed by atoms with E-state index in [0.717, 1.165) is 25.9 Å². The second-order valence-electron chi connectivity index (χ2n) is 9.76. The summed E-state index contributed by atoms with van der Waals surface area (Å²) in [6, 6.07) is 10.6. The van der Waals surface area contributed by atoms with Gasteiger partial charge in [-0.2, -0.15) is 0 Å². The number of nitrogens with one attached hydrogen (secondary N) is 2. The first-order chi connectivity index (χ1) is 18.3. The van der Waals surface area contributed by atoms with E-state index in [1.807, 2.05) is 0 Å². The van der Waals surface area contributed by atoms with Gasteiger partial charge in [0, 0.05) is 37.1 Å². The Morgan fingerprint density at radius 1 is 0.974 bits per heavy atom. The number of aromatic nitrogens is 2. The number of likely N-dealkylation sites (tertiary alicyclic amines) is 1. The average molecular weight is 522 g/mol. The van der Waals surface area contributed by atoms with Crippen molar-refractivity contribution < 1.29 is 14.3 Å². The zero-order chi connectivity index (χ0) is 27.2. The van der Waals surface area contributed by atoms with Crippen LogP contribution >= 0.6 is 0 Å². The Kier molecular flexibility index (Phi) is 8.75. The van der Waals surface area contributed by atoms with Crippen molar-refractivity contribution in [3.05, 3.63) is 68.9 Å². The maximum absolute atomic E-state index is 13.5. The van der Waals surface area contributed by atoms with Gasteiger partial charge >= 0.3 is 11.7 Å². The number of anilines is 2. The molecule has 2 N–H and O–H groups in total. The van der Waals surface area contributed by atoms with Gasteiger partial charge in [0.2, 0.25) is 0 Å². The SMILES string of the molecule is COC[C@H](C)n1c(=O)c2cc(NC(=O)Nc3cccc(C(C)=O)c3)ccc2n(CCN2CCCCC2)c1=O. The first kappa shape index (κ1) is 27.3. The zero-order valence-electron chi connectivity index (χ0n) is 22.2. The summed E-state index contributed by atoms with van der Waals surface area (Å²) in [6.07, 6.45) is 3.52. The van der Waals surface area contributed by atoms with Crippen LogP contribution in [-0.2, 0) is 11.3 Å². The fraction of sp³-hybridized carbons (Fsp3) is 0.429. The van der Waals surface area contributed by atoms with Crippen molar-refractivity contribution in [2.75, 3.05) is 44.0 Å². The first-order valence-electron chi connectivity index (χ1n) is 13.0. The summed E-state index contributed by atoms with van der Waals surface area (Å²) in [5.74, 6) is -0.103. The number of ketones is 1. The van der Waals surface area contributed by atoms with Crippen molar-refractivity contribution in [3.8, 4) is 0 Å². The minimum atomic E-state index is -0.517. The van der Waals surface area contributed by atoms with E-state index in [2.05, 4.69) is 15.5 Å². The molecule has 10 heteroatoms. The van der Waals surface area contributed by atoms with E-state index < -0.39 is 17.6 Å². The molecule has 0 spiro atoms. The third-order valence-corrected chi connectivity index (χ3v) is 6.90. The summed E-state index contributed by atoms with van der Waals surface area (Å²) in [6.45, 7) is 6.63. The molecule has 0 radical (unpaired) electrons. The zero-order valence-corrected chi connectivity index (χ0v) is 22.2. The fourth-order valence-corrected chi connectivity index (χ4v) is 4.92. The molecule has 1 atom stereocenters. The van der Waals surface area contributed by atoms with Crippen LogP contribution in [0.1, 0.15) is 49.5 Å². The molecule has 202 valence electrons. The molecular weight excluding hydrogens is 486 g/mol. The number of hydrogen-bond donors (Lipinski definition) is 2. The molecule has 0 saturated carbocycles. The third-order valence-electron chi connectivity index (χ3n) is 6.90. The number of nitrogens with zero attached hydrogens (tertiary/aromatic N) is 3. The summed E-state index contributed by atoms with van der Waals surface area (Å²) in [5, 5.41) is 5.79. The van der Waals surface area contributed by atoms with Gasteiger partial charge in [0.05, 0.1) is 23.6 Å². The van der Waals surface area contributed by atoms with E-state index in [4.69, 9.17) is 4.74 Å². The lowest BCUT2D eigenvalue weighted by atomic mass is 10.1. The lowest BCUT2D eigenvalue weighted by Crippen LogP contribution is -2.44. The van der Waals surface area contributed by atoms with Gasteiger partial charge in [0.15, 0.2) is 5.78 Å². The molecule has 38 heavy (non-hydrogen) atoms. The van der Waals surface area contributed by atoms with Crippen LogP contribution < -0.4 is 21.9 Å². The standard InChI is InChI=1S/C28H35N5O5/c1-19(18-38-3)33-26(35)24-17-23(30-27(36)29-22-9-7-8-21(16-22)20(2)34)10-11-25(24)32(28(33)37)15-14-31-12-5-4-6-13-31/h7-11,16-17,19H,4-6,12-15,18H2,1-3H3,(H2,29,30,36)/t19-/m0/s1. The van der Waals surface area contributed by atoms with Crippen LogP contribution in [0.15, 0.2) is 52.1 Å². The van der Waals surface area contributed by atoms with Crippen molar-refractivity contribution in [2.45, 2.75) is 45.7 Å². The topological polar surface area (TPSA) is 115 Å². The summed E-state index contributed by atoms with van der Waals surface area (Å²) < 4.78 is 8.11. The van der Waals surface area contributed by atoms with Crippen molar-refractivity contribution >= 4 is 34.1 Å². The highest BCUT2D eigenvalue weighted by atomic mass is 16.5. The number of rotatable bonds is 9. The summed E-state index contributed by atoms with van der Waals surface area (Å²) in [5.41, 5.74) is 1.09. The highest BCUT2D eigenvalue weighted by Crippen LogP contribution is 2.18.